The Hall–Kier alpha value is -5.29. The molecule has 72 heavy (non-hydrogen) atoms. The van der Waals surface area contributed by atoms with Gasteiger partial charge in [0.25, 0.3) is 0 Å². The van der Waals surface area contributed by atoms with E-state index in [2.05, 4.69) is 66.7 Å². The summed E-state index contributed by atoms with van der Waals surface area (Å²) < 4.78 is 22.6. The van der Waals surface area contributed by atoms with Gasteiger partial charge in [-0.15, -0.1) is 34.0 Å². The topological polar surface area (TPSA) is 168 Å². The Kier molecular flexibility index (Phi) is 19.7. The summed E-state index contributed by atoms with van der Waals surface area (Å²) >= 11 is 35.4. The van der Waals surface area contributed by atoms with Gasteiger partial charge in [0, 0.05) is 118 Å². The minimum Gasteiger partial charge on any atom is -0.497 e. The molecule has 0 atom stereocenters. The van der Waals surface area contributed by atoms with Crippen molar-refractivity contribution in [3.63, 3.8) is 0 Å². The molecule has 0 saturated carbocycles. The number of pyridine rings is 4. The van der Waals surface area contributed by atoms with E-state index in [0.29, 0.717) is 42.6 Å². The van der Waals surface area contributed by atoms with Gasteiger partial charge >= 0.3 is 7.12 Å². The lowest BCUT2D eigenvalue weighted by atomic mass is 9.78. The summed E-state index contributed by atoms with van der Waals surface area (Å²) in [4.78, 5) is 28.8. The maximum atomic E-state index is 9.21. The number of rotatable bonds is 7. The third-order valence-corrected chi connectivity index (χ3v) is 14.9. The van der Waals surface area contributed by atoms with E-state index < -0.39 is 7.12 Å². The molecule has 0 saturated heterocycles. The molecule has 0 aliphatic heterocycles. The highest BCUT2D eigenvalue weighted by Crippen LogP contribution is 2.37. The predicted molar refractivity (Wildman–Crippen MR) is 303 cm³/mol. The quantitative estimate of drug-likeness (QED) is 0.114. The molecular weight excluding hydrogens is 1190 g/mol. The lowest BCUT2D eigenvalue weighted by Crippen LogP contribution is -2.31. The molecule has 0 aliphatic rings. The number of hydrogen-bond acceptors (Lipinski definition) is 16. The third-order valence-electron chi connectivity index (χ3n) is 10.2. The van der Waals surface area contributed by atoms with Crippen molar-refractivity contribution in [1.29, 1.82) is 0 Å². The molecule has 0 radical (unpaired) electrons. The van der Waals surface area contributed by atoms with Crippen molar-refractivity contribution in [3.8, 4) is 44.1 Å². The van der Waals surface area contributed by atoms with Gasteiger partial charge in [0.05, 0.1) is 28.4 Å². The minimum absolute atomic E-state index is 0.304. The van der Waals surface area contributed by atoms with Crippen molar-refractivity contribution >= 4 is 168 Å². The maximum absolute atomic E-state index is 9.21. The number of halogens is 6. The highest BCUT2D eigenvalue weighted by Gasteiger charge is 2.18. The molecule has 4 aromatic carbocycles. The Bertz CT molecular complexity index is 3450. The van der Waals surface area contributed by atoms with E-state index in [9.17, 15) is 10.0 Å². The number of ether oxygens (including phenoxy) is 4. The van der Waals surface area contributed by atoms with Gasteiger partial charge in [-0.3, -0.25) is 0 Å². The van der Waals surface area contributed by atoms with Gasteiger partial charge in [0.15, 0.2) is 3.92 Å². The third kappa shape index (κ3) is 13.5. The first-order valence-corrected chi connectivity index (χ1v) is 26.4. The molecule has 11 rings (SSSR count). The standard InChI is InChI=1S/2C13H9ClN2OS.C10H9BClNO3.C10H7BrClNO.C3H2BrNS/c2*1-17-8-2-3-9-10(6-8)11(7-16-12(9)14)13-15-4-5-18-13;1-16-6-2-3-7-8(4-6)9(11(14)15)5-13-10(7)12;1-14-6-2-3-7-8(4-6)9(11)5-13-10(7)12;4-3-5-1-2-6-3/h2*2-7H,1H3;2-5,14-15H,1H3;2-5H,1H3;1-2H. The van der Waals surface area contributed by atoms with Crippen molar-refractivity contribution in [2.24, 2.45) is 0 Å². The van der Waals surface area contributed by atoms with Gasteiger partial charge in [-0.1, -0.05) is 46.4 Å². The summed E-state index contributed by atoms with van der Waals surface area (Å²) in [6.07, 6.45) is 11.8. The van der Waals surface area contributed by atoms with Gasteiger partial charge in [-0.25, -0.2) is 34.9 Å². The number of nitrogens with zero attached hydrogens (tertiary/aromatic N) is 7. The SMILES string of the molecule is Brc1nccs1.COc1ccc2c(Cl)ncc(-c3nccs3)c2c1.COc1ccc2c(Cl)ncc(-c3nccs3)c2c1.COc1ccc2c(Cl)ncc(B(O)O)c2c1.COc1ccc2c(Cl)ncc(Br)c2c1. The molecule has 7 aromatic heterocycles. The van der Waals surface area contributed by atoms with Crippen LogP contribution in [0.25, 0.3) is 64.2 Å². The molecule has 0 aliphatic carbocycles. The first-order chi connectivity index (χ1) is 34.8. The Morgan fingerprint density at radius 1 is 0.431 bits per heavy atom. The van der Waals surface area contributed by atoms with Gasteiger partial charge in [0.1, 0.15) is 53.6 Å². The van der Waals surface area contributed by atoms with Crippen molar-refractivity contribution in [1.82, 2.24) is 34.9 Å². The number of thiazole rings is 3. The second-order valence-electron chi connectivity index (χ2n) is 14.3. The lowest BCUT2D eigenvalue weighted by Gasteiger charge is -2.08. The average molecular weight is 1230 g/mol. The fourth-order valence-corrected chi connectivity index (χ4v) is 10.1. The molecule has 13 nitrogen and oxygen atoms in total. The fraction of sp³-hybridized carbons (Fsp3) is 0.0816. The molecule has 23 heteroatoms. The smallest absolute Gasteiger partial charge is 0.490 e. The molecule has 0 spiro atoms. The van der Waals surface area contributed by atoms with Crippen LogP contribution in [-0.2, 0) is 0 Å². The monoisotopic (exact) mass is 1220 g/mol. The van der Waals surface area contributed by atoms with Crippen molar-refractivity contribution < 1.29 is 29.0 Å². The zero-order valence-electron chi connectivity index (χ0n) is 37.9. The van der Waals surface area contributed by atoms with E-state index in [1.165, 1.54) is 6.20 Å². The molecule has 2 N–H and O–H groups in total. The van der Waals surface area contributed by atoms with E-state index in [1.54, 1.807) is 118 Å². The van der Waals surface area contributed by atoms with Gasteiger partial charge < -0.3 is 29.0 Å². The average Bonchev–Trinajstić information content (AvgIpc) is 4.25. The van der Waals surface area contributed by atoms with Crippen LogP contribution in [0.15, 0.2) is 141 Å². The number of fused-ring (bicyclic) bond motifs is 4. The summed E-state index contributed by atoms with van der Waals surface area (Å²) in [5, 5.41) is 34.9. The molecule has 11 aromatic rings. The zero-order valence-corrected chi connectivity index (χ0v) is 46.6. The summed E-state index contributed by atoms with van der Waals surface area (Å²) in [5.74, 6) is 3.02. The van der Waals surface area contributed by atoms with Crippen molar-refractivity contribution in [3.05, 3.63) is 161 Å². The van der Waals surface area contributed by atoms with Crippen LogP contribution in [0.5, 0.6) is 23.0 Å². The zero-order chi connectivity index (χ0) is 51.3. The number of hydrogen-bond donors (Lipinski definition) is 2. The Morgan fingerprint density at radius 3 is 1.15 bits per heavy atom. The van der Waals surface area contributed by atoms with Crippen LogP contribution in [0.2, 0.25) is 20.6 Å². The largest absolute Gasteiger partial charge is 0.497 e. The summed E-state index contributed by atoms with van der Waals surface area (Å²) in [5.41, 5.74) is 2.25. The van der Waals surface area contributed by atoms with Crippen LogP contribution in [0.3, 0.4) is 0 Å². The Morgan fingerprint density at radius 2 is 0.792 bits per heavy atom. The molecule has 0 amide bonds. The first kappa shape index (κ1) is 54.5. The van der Waals surface area contributed by atoms with Crippen molar-refractivity contribution in [2.45, 2.75) is 0 Å². The van der Waals surface area contributed by atoms with Crippen LogP contribution in [-0.4, -0.2) is 80.5 Å². The van der Waals surface area contributed by atoms with Crippen LogP contribution >= 0.6 is 112 Å². The molecule has 0 bridgehead atoms. The summed E-state index contributed by atoms with van der Waals surface area (Å²) in [7, 11) is 4.89. The minimum atomic E-state index is -1.58. The van der Waals surface area contributed by atoms with Crippen molar-refractivity contribution in [2.75, 3.05) is 28.4 Å². The number of benzene rings is 4. The van der Waals surface area contributed by atoms with E-state index in [-0.39, 0.29) is 0 Å². The number of aromatic nitrogens is 7. The summed E-state index contributed by atoms with van der Waals surface area (Å²) in [6.45, 7) is 0. The fourth-order valence-electron chi connectivity index (χ4n) is 6.71. The molecular formula is C49H36BBr2Cl4N7O6S3. The molecule has 0 unspecified atom stereocenters. The number of methoxy groups -OCH3 is 4. The van der Waals surface area contributed by atoms with Gasteiger partial charge in [-0.2, -0.15) is 0 Å². The molecule has 0 fully saturated rings. The van der Waals surface area contributed by atoms with Crippen LogP contribution in [0.4, 0.5) is 0 Å². The predicted octanol–water partition coefficient (Wildman–Crippen LogP) is 14.2. The Balaban J connectivity index is 0.000000136. The lowest BCUT2D eigenvalue weighted by molar-refractivity contribution is 0.415. The highest BCUT2D eigenvalue weighted by atomic mass is 79.9. The van der Waals surface area contributed by atoms with E-state index >= 15 is 0 Å². The highest BCUT2D eigenvalue weighted by molar-refractivity contribution is 9.11. The van der Waals surface area contributed by atoms with E-state index in [1.807, 2.05) is 70.7 Å². The van der Waals surface area contributed by atoms with E-state index in [4.69, 9.17) is 65.4 Å². The molecule has 7 heterocycles. The van der Waals surface area contributed by atoms with Crippen LogP contribution in [0, 0.1) is 0 Å². The van der Waals surface area contributed by atoms with E-state index in [0.717, 1.165) is 79.1 Å². The summed E-state index contributed by atoms with van der Waals surface area (Å²) in [6, 6.07) is 22.4. The molecule has 366 valence electrons. The van der Waals surface area contributed by atoms with Gasteiger partial charge in [0.2, 0.25) is 0 Å². The van der Waals surface area contributed by atoms with Crippen LogP contribution < -0.4 is 24.4 Å². The maximum Gasteiger partial charge on any atom is 0.490 e. The second-order valence-corrected chi connectivity index (χ2v) is 20.6. The second kappa shape index (κ2) is 26.1. The van der Waals surface area contributed by atoms with Gasteiger partial charge in [-0.05, 0) is 110 Å². The van der Waals surface area contributed by atoms with Crippen LogP contribution in [0.1, 0.15) is 0 Å². The first-order valence-electron chi connectivity index (χ1n) is 20.7. The Labute approximate surface area is 461 Å². The normalized spacial score (nSPS) is 10.5.